The Morgan fingerprint density at radius 1 is 1.00 bits per heavy atom. The molecule has 0 aliphatic heterocycles. The van der Waals surface area contributed by atoms with Gasteiger partial charge in [0, 0.05) is 27.7 Å². The Morgan fingerprint density at radius 3 is 2.42 bits per heavy atom. The Hall–Kier alpha value is -4.52. The number of hydrogen-bond donors (Lipinski definition) is 0. The summed E-state index contributed by atoms with van der Waals surface area (Å²) in [7, 11) is 0. The molecular weight excluding hydrogens is 452 g/mol. The molecule has 5 rings (SSSR count). The van der Waals surface area contributed by atoms with Crippen molar-refractivity contribution in [2.75, 3.05) is 6.61 Å². The van der Waals surface area contributed by atoms with Gasteiger partial charge in [-0.3, -0.25) is 4.79 Å². The van der Waals surface area contributed by atoms with Crippen molar-refractivity contribution in [3.63, 3.8) is 0 Å². The highest BCUT2D eigenvalue weighted by Crippen LogP contribution is 2.29. The van der Waals surface area contributed by atoms with E-state index in [0.29, 0.717) is 23.3 Å². The van der Waals surface area contributed by atoms with Crippen LogP contribution in [0.25, 0.3) is 33.2 Å². The second kappa shape index (κ2) is 9.62. The molecule has 0 fully saturated rings. The summed E-state index contributed by atoms with van der Waals surface area (Å²) in [6.45, 7) is 5.87. The predicted octanol–water partition coefficient (Wildman–Crippen LogP) is 5.33. The number of fused-ring (bicyclic) bond motifs is 2. The number of esters is 1. The fourth-order valence-corrected chi connectivity index (χ4v) is 4.57. The Balaban J connectivity index is 1.71. The number of aromatic nitrogens is 3. The standard InChI is InChI=1S/C29H26N4O3/c1-4-36-29(35)20(3)32-19(2)24(22-14-9-11-17-26(22)32)18-30-33-27(21-12-6-5-7-13-21)31-25-16-10-8-15-23(25)28(33)34/h5-18,20H,4H2,1-3H3/t20-/m0/s1. The highest BCUT2D eigenvalue weighted by molar-refractivity contribution is 6.02. The quantitative estimate of drug-likeness (QED) is 0.244. The van der Waals surface area contributed by atoms with E-state index in [0.717, 1.165) is 27.7 Å². The molecule has 0 unspecified atom stereocenters. The maximum absolute atomic E-state index is 13.5. The largest absolute Gasteiger partial charge is 0.464 e. The average molecular weight is 479 g/mol. The number of nitrogens with zero attached hydrogens (tertiary/aromatic N) is 4. The van der Waals surface area contributed by atoms with Gasteiger partial charge in [-0.15, -0.1) is 0 Å². The third-order valence-electron chi connectivity index (χ3n) is 6.31. The summed E-state index contributed by atoms with van der Waals surface area (Å²) in [4.78, 5) is 30.8. The van der Waals surface area contributed by atoms with Gasteiger partial charge < -0.3 is 9.30 Å². The van der Waals surface area contributed by atoms with Crippen molar-refractivity contribution in [2.24, 2.45) is 5.10 Å². The van der Waals surface area contributed by atoms with E-state index in [4.69, 9.17) is 9.72 Å². The fraction of sp³-hybridized carbons (Fsp3) is 0.172. The summed E-state index contributed by atoms with van der Waals surface area (Å²) < 4.78 is 8.57. The number of hydrogen-bond acceptors (Lipinski definition) is 5. The van der Waals surface area contributed by atoms with Gasteiger partial charge in [-0.1, -0.05) is 60.7 Å². The third kappa shape index (κ3) is 3.98. The Kier molecular flexibility index (Phi) is 6.21. The highest BCUT2D eigenvalue weighted by Gasteiger charge is 2.23. The van der Waals surface area contributed by atoms with Crippen LogP contribution < -0.4 is 5.56 Å². The van der Waals surface area contributed by atoms with Crippen LogP contribution in [0.1, 0.15) is 31.1 Å². The lowest BCUT2D eigenvalue weighted by Crippen LogP contribution is -2.21. The van der Waals surface area contributed by atoms with Crippen molar-refractivity contribution in [3.8, 4) is 11.4 Å². The Morgan fingerprint density at radius 2 is 1.67 bits per heavy atom. The Bertz CT molecular complexity index is 1670. The minimum Gasteiger partial charge on any atom is -0.464 e. The number of ether oxygens (including phenoxy) is 1. The van der Waals surface area contributed by atoms with Crippen LogP contribution >= 0.6 is 0 Å². The van der Waals surface area contributed by atoms with Crippen LogP contribution in [0.5, 0.6) is 0 Å². The van der Waals surface area contributed by atoms with E-state index < -0.39 is 6.04 Å². The van der Waals surface area contributed by atoms with Gasteiger partial charge in [0.05, 0.1) is 23.7 Å². The molecule has 0 saturated carbocycles. The molecule has 2 aromatic heterocycles. The van der Waals surface area contributed by atoms with Crippen molar-refractivity contribution in [2.45, 2.75) is 26.8 Å². The van der Waals surface area contributed by atoms with Crippen LogP contribution in [-0.2, 0) is 9.53 Å². The first-order valence-electron chi connectivity index (χ1n) is 11.9. The number of rotatable bonds is 6. The minimum absolute atomic E-state index is 0.253. The van der Waals surface area contributed by atoms with E-state index in [1.165, 1.54) is 4.68 Å². The van der Waals surface area contributed by atoms with Crippen molar-refractivity contribution in [3.05, 3.63) is 100 Å². The molecule has 0 N–H and O–H groups in total. The molecule has 180 valence electrons. The molecular formula is C29H26N4O3. The molecule has 1 atom stereocenters. The van der Waals surface area contributed by atoms with E-state index in [9.17, 15) is 9.59 Å². The predicted molar refractivity (Wildman–Crippen MR) is 142 cm³/mol. The van der Waals surface area contributed by atoms with Crippen LogP contribution in [0.15, 0.2) is 88.8 Å². The van der Waals surface area contributed by atoms with Gasteiger partial charge in [-0.25, -0.2) is 9.78 Å². The first kappa shape index (κ1) is 23.2. The van der Waals surface area contributed by atoms with Gasteiger partial charge in [0.25, 0.3) is 5.56 Å². The van der Waals surface area contributed by atoms with Crippen LogP contribution in [0.2, 0.25) is 0 Å². The second-order valence-corrected chi connectivity index (χ2v) is 8.49. The third-order valence-corrected chi connectivity index (χ3v) is 6.31. The summed E-state index contributed by atoms with van der Waals surface area (Å²) in [6.07, 6.45) is 1.68. The zero-order valence-corrected chi connectivity index (χ0v) is 20.4. The molecule has 2 heterocycles. The summed E-state index contributed by atoms with van der Waals surface area (Å²) >= 11 is 0. The molecule has 7 nitrogen and oxygen atoms in total. The van der Waals surface area contributed by atoms with E-state index in [-0.39, 0.29) is 11.5 Å². The average Bonchev–Trinajstić information content (AvgIpc) is 3.19. The maximum atomic E-state index is 13.5. The van der Waals surface area contributed by atoms with E-state index in [1.54, 1.807) is 19.2 Å². The summed E-state index contributed by atoms with van der Waals surface area (Å²) in [5, 5.41) is 6.07. The van der Waals surface area contributed by atoms with Crippen molar-refractivity contribution < 1.29 is 9.53 Å². The van der Waals surface area contributed by atoms with Crippen LogP contribution in [0.4, 0.5) is 0 Å². The second-order valence-electron chi connectivity index (χ2n) is 8.49. The van der Waals surface area contributed by atoms with Crippen LogP contribution in [0, 0.1) is 6.92 Å². The van der Waals surface area contributed by atoms with Gasteiger partial charge in [0.1, 0.15) is 6.04 Å². The smallest absolute Gasteiger partial charge is 0.328 e. The maximum Gasteiger partial charge on any atom is 0.328 e. The monoisotopic (exact) mass is 478 g/mol. The fourth-order valence-electron chi connectivity index (χ4n) is 4.57. The lowest BCUT2D eigenvalue weighted by molar-refractivity contribution is -0.146. The highest BCUT2D eigenvalue weighted by atomic mass is 16.5. The first-order chi connectivity index (χ1) is 17.5. The number of para-hydroxylation sites is 2. The van der Waals surface area contributed by atoms with Crippen molar-refractivity contribution in [1.82, 2.24) is 14.2 Å². The van der Waals surface area contributed by atoms with Gasteiger partial charge in [-0.2, -0.15) is 9.78 Å². The first-order valence-corrected chi connectivity index (χ1v) is 11.9. The summed E-state index contributed by atoms with van der Waals surface area (Å²) in [5.41, 5.74) is 3.71. The molecule has 3 aromatic carbocycles. The molecule has 0 saturated heterocycles. The van der Waals surface area contributed by atoms with Gasteiger partial charge in [-0.05, 0) is 39.0 Å². The lowest BCUT2D eigenvalue weighted by atomic mass is 10.1. The van der Waals surface area contributed by atoms with Crippen molar-refractivity contribution >= 4 is 34.0 Å². The minimum atomic E-state index is -0.512. The summed E-state index contributed by atoms with van der Waals surface area (Å²) in [5.74, 6) is 0.156. The van der Waals surface area contributed by atoms with Gasteiger partial charge in [0.2, 0.25) is 0 Å². The molecule has 0 bridgehead atoms. The van der Waals surface area contributed by atoms with Crippen molar-refractivity contribution in [1.29, 1.82) is 0 Å². The SMILES string of the molecule is CCOC(=O)[C@H](C)n1c(C)c(C=Nn2c(-c3ccccc3)nc3ccccc3c2=O)c2ccccc21. The molecule has 0 spiro atoms. The normalized spacial score (nSPS) is 12.4. The number of benzene rings is 3. The van der Waals surface area contributed by atoms with Gasteiger partial charge in [0.15, 0.2) is 5.82 Å². The van der Waals surface area contributed by atoms with Crippen LogP contribution in [0.3, 0.4) is 0 Å². The van der Waals surface area contributed by atoms with E-state index in [1.807, 2.05) is 91.2 Å². The lowest BCUT2D eigenvalue weighted by Gasteiger charge is -2.16. The zero-order valence-electron chi connectivity index (χ0n) is 20.4. The molecule has 7 heteroatoms. The van der Waals surface area contributed by atoms with E-state index in [2.05, 4.69) is 5.10 Å². The number of carbonyl (C=O) groups is 1. The van der Waals surface area contributed by atoms with E-state index >= 15 is 0 Å². The van der Waals surface area contributed by atoms with Gasteiger partial charge >= 0.3 is 5.97 Å². The van der Waals surface area contributed by atoms with Crippen LogP contribution in [-0.4, -0.2) is 33.0 Å². The molecule has 0 aliphatic carbocycles. The number of carbonyl (C=O) groups excluding carboxylic acids is 1. The topological polar surface area (TPSA) is 78.5 Å². The molecule has 0 amide bonds. The Labute approximate surface area is 208 Å². The molecule has 0 radical (unpaired) electrons. The zero-order chi connectivity index (χ0) is 25.2. The molecule has 36 heavy (non-hydrogen) atoms. The molecule has 5 aromatic rings. The summed E-state index contributed by atoms with van der Waals surface area (Å²) in [6, 6.07) is 24.1. The molecule has 0 aliphatic rings.